The number of halogens is 5. The van der Waals surface area contributed by atoms with Gasteiger partial charge in [0.2, 0.25) is 0 Å². The van der Waals surface area contributed by atoms with Crippen molar-refractivity contribution in [2.24, 2.45) is 0 Å². The van der Waals surface area contributed by atoms with Crippen LogP contribution in [0.25, 0.3) is 0 Å². The summed E-state index contributed by atoms with van der Waals surface area (Å²) in [5.41, 5.74) is -3.43. The summed E-state index contributed by atoms with van der Waals surface area (Å²) >= 11 is 5.89. The second kappa shape index (κ2) is 10.2. The van der Waals surface area contributed by atoms with Crippen molar-refractivity contribution >= 4 is 31.0 Å². The Morgan fingerprint density at radius 1 is 1.11 bits per heavy atom. The number of benzene rings is 2. The molecule has 0 atom stereocenters. The van der Waals surface area contributed by atoms with Gasteiger partial charge in [-0.05, 0) is 42.5 Å². The molecule has 0 aliphatic heterocycles. The maximum absolute atomic E-state index is 13.3. The first-order valence-corrected chi connectivity index (χ1v) is 11.2. The smallest absolute Gasteiger partial charge is 0.455 e. The minimum absolute atomic E-state index is 0.159. The van der Waals surface area contributed by atoms with Gasteiger partial charge in [-0.3, -0.25) is 14.1 Å². The van der Waals surface area contributed by atoms with Crippen LogP contribution in [0, 0.1) is 5.82 Å². The molecule has 2 aromatic carbocycles. The zero-order chi connectivity index (χ0) is 26.0. The van der Waals surface area contributed by atoms with Crippen LogP contribution in [-0.4, -0.2) is 20.7 Å². The fraction of sp³-hybridized carbons (Fsp3) is 0.100. The molecule has 0 aliphatic carbocycles. The fourth-order valence-electron chi connectivity index (χ4n) is 2.76. The largest absolute Gasteiger partial charge is 0.469 e. The van der Waals surface area contributed by atoms with Gasteiger partial charge >= 0.3 is 14.0 Å². The minimum atomic E-state index is -4.99. The zero-order valence-corrected chi connectivity index (χ0v) is 18.7. The Labute approximate surface area is 198 Å². The number of hydrogen-bond acceptors (Lipinski definition) is 5. The lowest BCUT2D eigenvalue weighted by Crippen LogP contribution is -2.21. The van der Waals surface area contributed by atoms with E-state index in [9.17, 15) is 31.7 Å². The van der Waals surface area contributed by atoms with E-state index in [0.29, 0.717) is 12.1 Å². The number of amides is 1. The number of aromatic nitrogens is 1. The van der Waals surface area contributed by atoms with Gasteiger partial charge in [0.1, 0.15) is 17.3 Å². The van der Waals surface area contributed by atoms with E-state index in [2.05, 4.69) is 14.8 Å². The fourth-order valence-corrected chi connectivity index (χ4v) is 3.26. The second-order valence-electron chi connectivity index (χ2n) is 6.80. The van der Waals surface area contributed by atoms with Crippen LogP contribution in [0.1, 0.15) is 21.5 Å². The van der Waals surface area contributed by atoms with Crippen molar-refractivity contribution in [3.8, 4) is 11.5 Å². The molecule has 0 aliphatic rings. The summed E-state index contributed by atoms with van der Waals surface area (Å²) in [6.45, 7) is -0.923. The van der Waals surface area contributed by atoms with Crippen LogP contribution in [0.5, 0.6) is 11.5 Å². The SMILES string of the molecule is O=C(Nc1cc[nH]c(=O)c1COP(=O)(O)O)c1cc(C(F)(F)F)ccc1Oc1ccc(F)cc1Cl. The first-order chi connectivity index (χ1) is 16.2. The van der Waals surface area contributed by atoms with Gasteiger partial charge in [0.15, 0.2) is 0 Å². The van der Waals surface area contributed by atoms with Crippen LogP contribution in [0.3, 0.4) is 0 Å². The number of nitrogens with one attached hydrogen (secondary N) is 2. The van der Waals surface area contributed by atoms with Crippen LogP contribution in [0.15, 0.2) is 53.5 Å². The van der Waals surface area contributed by atoms with Gasteiger partial charge in [-0.2, -0.15) is 13.2 Å². The Hall–Kier alpha value is -3.22. The molecular weight excluding hydrogens is 523 g/mol. The molecule has 1 heterocycles. The highest BCUT2D eigenvalue weighted by atomic mass is 35.5. The molecule has 0 saturated heterocycles. The Balaban J connectivity index is 2.01. The molecule has 0 bridgehead atoms. The lowest BCUT2D eigenvalue weighted by atomic mass is 10.1. The molecule has 0 fully saturated rings. The van der Waals surface area contributed by atoms with Crippen LogP contribution < -0.4 is 15.6 Å². The Morgan fingerprint density at radius 3 is 2.43 bits per heavy atom. The summed E-state index contributed by atoms with van der Waals surface area (Å²) in [7, 11) is -4.99. The Morgan fingerprint density at radius 2 is 1.80 bits per heavy atom. The van der Waals surface area contributed by atoms with Gasteiger partial charge in [-0.15, -0.1) is 0 Å². The van der Waals surface area contributed by atoms with Crippen LogP contribution in [-0.2, 0) is 21.9 Å². The summed E-state index contributed by atoms with van der Waals surface area (Å²) in [5, 5.41) is 1.98. The first kappa shape index (κ1) is 26.4. The minimum Gasteiger partial charge on any atom is -0.455 e. The molecule has 0 radical (unpaired) electrons. The van der Waals surface area contributed by atoms with Crippen molar-refractivity contribution in [2.45, 2.75) is 12.8 Å². The van der Waals surface area contributed by atoms with E-state index in [0.717, 1.165) is 36.5 Å². The summed E-state index contributed by atoms with van der Waals surface area (Å²) in [4.78, 5) is 45.0. The molecule has 0 saturated carbocycles. The molecule has 3 rings (SSSR count). The Bertz CT molecular complexity index is 1370. The second-order valence-corrected chi connectivity index (χ2v) is 8.45. The molecule has 1 amide bonds. The molecule has 35 heavy (non-hydrogen) atoms. The number of carbonyl (C=O) groups excluding carboxylic acids is 1. The number of phosphoric ester groups is 1. The predicted octanol–water partition coefficient (Wildman–Crippen LogP) is 4.84. The summed E-state index contributed by atoms with van der Waals surface area (Å²) in [6.07, 6.45) is -3.74. The number of pyridine rings is 1. The van der Waals surface area contributed by atoms with Crippen molar-refractivity contribution < 1.29 is 46.0 Å². The van der Waals surface area contributed by atoms with Gasteiger partial charge in [0, 0.05) is 6.20 Å². The molecule has 4 N–H and O–H groups in total. The number of anilines is 1. The molecule has 3 aromatic rings. The third-order valence-electron chi connectivity index (χ3n) is 4.35. The molecule has 9 nitrogen and oxygen atoms in total. The molecule has 186 valence electrons. The van der Waals surface area contributed by atoms with E-state index in [1.54, 1.807) is 0 Å². The van der Waals surface area contributed by atoms with Crippen LogP contribution in [0.2, 0.25) is 5.02 Å². The highest BCUT2D eigenvalue weighted by molar-refractivity contribution is 7.46. The average Bonchev–Trinajstić information content (AvgIpc) is 2.74. The number of hydrogen-bond donors (Lipinski definition) is 4. The monoisotopic (exact) mass is 536 g/mol. The number of ether oxygens (including phenoxy) is 1. The predicted molar refractivity (Wildman–Crippen MR) is 115 cm³/mol. The van der Waals surface area contributed by atoms with E-state index in [1.165, 1.54) is 0 Å². The number of alkyl halides is 3. The lowest BCUT2D eigenvalue weighted by molar-refractivity contribution is -0.137. The number of H-pyrrole nitrogens is 1. The lowest BCUT2D eigenvalue weighted by Gasteiger charge is -2.16. The summed E-state index contributed by atoms with van der Waals surface area (Å²) in [5.74, 6) is -2.42. The molecule has 15 heteroatoms. The van der Waals surface area contributed by atoms with Gasteiger partial charge < -0.3 is 24.8 Å². The van der Waals surface area contributed by atoms with Crippen LogP contribution >= 0.6 is 19.4 Å². The molecule has 0 unspecified atom stereocenters. The van der Waals surface area contributed by atoms with Gasteiger partial charge in [0.05, 0.1) is 34.0 Å². The number of phosphoric acid groups is 1. The first-order valence-electron chi connectivity index (χ1n) is 9.31. The van der Waals surface area contributed by atoms with Crippen molar-refractivity contribution in [2.75, 3.05) is 5.32 Å². The standard InChI is InChI=1S/C20H14ClF4N2O7P/c21-14-8-11(22)2-4-17(14)34-16-3-1-10(20(23,24)25)7-12(16)19(29)27-15-5-6-26-18(28)13(15)9-33-35(30,31)32/h1-8H,9H2,(H2,30,31,32)(H2,26,27,28,29). The molecular formula is C20H14ClF4N2O7P. The topological polar surface area (TPSA) is 138 Å². The average molecular weight is 537 g/mol. The summed E-state index contributed by atoms with van der Waals surface area (Å²) in [6, 6.07) is 6.09. The van der Waals surface area contributed by atoms with Gasteiger partial charge in [0.25, 0.3) is 11.5 Å². The van der Waals surface area contributed by atoms with Crippen LogP contribution in [0.4, 0.5) is 23.2 Å². The van der Waals surface area contributed by atoms with Gasteiger partial charge in [-0.1, -0.05) is 11.6 Å². The highest BCUT2D eigenvalue weighted by Gasteiger charge is 2.32. The van der Waals surface area contributed by atoms with E-state index >= 15 is 0 Å². The third kappa shape index (κ3) is 6.90. The normalized spacial score (nSPS) is 11.9. The molecule has 0 spiro atoms. The maximum Gasteiger partial charge on any atom is 0.469 e. The van der Waals surface area contributed by atoms with Crippen molar-refractivity contribution in [1.82, 2.24) is 4.98 Å². The number of carbonyl (C=O) groups is 1. The van der Waals surface area contributed by atoms with E-state index in [-0.39, 0.29) is 22.2 Å². The summed E-state index contributed by atoms with van der Waals surface area (Å²) < 4.78 is 73.9. The van der Waals surface area contributed by atoms with Crippen molar-refractivity contribution in [3.05, 3.63) is 86.5 Å². The van der Waals surface area contributed by atoms with Crippen molar-refractivity contribution in [1.29, 1.82) is 0 Å². The maximum atomic E-state index is 13.3. The van der Waals surface area contributed by atoms with E-state index in [4.69, 9.17) is 26.1 Å². The van der Waals surface area contributed by atoms with E-state index in [1.807, 2.05) is 0 Å². The Kier molecular flexibility index (Phi) is 7.68. The molecule has 1 aromatic heterocycles. The number of rotatable bonds is 7. The van der Waals surface area contributed by atoms with Gasteiger partial charge in [-0.25, -0.2) is 8.96 Å². The highest BCUT2D eigenvalue weighted by Crippen LogP contribution is 2.38. The zero-order valence-electron chi connectivity index (χ0n) is 17.1. The third-order valence-corrected chi connectivity index (χ3v) is 5.12. The number of aromatic amines is 1. The van der Waals surface area contributed by atoms with E-state index < -0.39 is 54.6 Å². The quantitative estimate of drug-likeness (QED) is 0.250. The van der Waals surface area contributed by atoms with Crippen molar-refractivity contribution in [3.63, 3.8) is 0 Å².